The minimum atomic E-state index is 0.706. The van der Waals surface area contributed by atoms with Crippen molar-refractivity contribution in [1.29, 1.82) is 0 Å². The Bertz CT molecular complexity index is 138. The van der Waals surface area contributed by atoms with E-state index in [1.807, 2.05) is 13.8 Å². The summed E-state index contributed by atoms with van der Waals surface area (Å²) < 4.78 is 0. The highest BCUT2D eigenvalue weighted by Gasteiger charge is 2.12. The van der Waals surface area contributed by atoms with Crippen molar-refractivity contribution in [2.75, 3.05) is 13.1 Å². The summed E-state index contributed by atoms with van der Waals surface area (Å²) in [5.74, 6) is 0.736. The van der Waals surface area contributed by atoms with Gasteiger partial charge in [-0.05, 0) is 26.2 Å². The Kier molecular flexibility index (Phi) is 6.97. The summed E-state index contributed by atoms with van der Waals surface area (Å²) in [4.78, 5) is 2.55. The first kappa shape index (κ1) is 12.7. The van der Waals surface area contributed by atoms with E-state index in [0.717, 1.165) is 5.92 Å². The average Bonchev–Trinajstić information content (AvgIpc) is 2.33. The first-order chi connectivity index (χ1) is 6.20. The lowest BCUT2D eigenvalue weighted by atomic mass is 10.1. The second-order valence-electron chi connectivity index (χ2n) is 3.78. The van der Waals surface area contributed by atoms with Gasteiger partial charge < -0.3 is 4.90 Å². The summed E-state index contributed by atoms with van der Waals surface area (Å²) in [5, 5.41) is 0. The fourth-order valence-electron chi connectivity index (χ4n) is 1.56. The summed E-state index contributed by atoms with van der Waals surface area (Å²) in [6, 6.07) is 0.706. The quantitative estimate of drug-likeness (QED) is 0.564. The van der Waals surface area contributed by atoms with Gasteiger partial charge in [0, 0.05) is 19.1 Å². The summed E-state index contributed by atoms with van der Waals surface area (Å²) in [7, 11) is 0. The van der Waals surface area contributed by atoms with Gasteiger partial charge >= 0.3 is 0 Å². The Labute approximate surface area is 83.8 Å². The van der Waals surface area contributed by atoms with Crippen LogP contribution in [-0.4, -0.2) is 24.0 Å². The molecule has 0 aromatic carbocycles. The molecule has 78 valence electrons. The Morgan fingerprint density at radius 3 is 2.46 bits per heavy atom. The van der Waals surface area contributed by atoms with Crippen LogP contribution in [0.2, 0.25) is 0 Å². The van der Waals surface area contributed by atoms with Crippen LogP contribution in [0.5, 0.6) is 0 Å². The third-order valence-corrected chi connectivity index (χ3v) is 2.30. The molecule has 1 atom stereocenters. The van der Waals surface area contributed by atoms with Gasteiger partial charge in [-0.25, -0.2) is 0 Å². The second-order valence-corrected chi connectivity index (χ2v) is 3.78. The predicted octanol–water partition coefficient (Wildman–Crippen LogP) is 3.32. The topological polar surface area (TPSA) is 3.24 Å². The summed E-state index contributed by atoms with van der Waals surface area (Å²) >= 11 is 0. The van der Waals surface area contributed by atoms with Crippen LogP contribution in [0.3, 0.4) is 0 Å². The van der Waals surface area contributed by atoms with E-state index >= 15 is 0 Å². The molecule has 1 nitrogen and oxygen atoms in total. The molecule has 0 aromatic rings. The highest BCUT2D eigenvalue weighted by Crippen LogP contribution is 2.11. The summed E-state index contributed by atoms with van der Waals surface area (Å²) in [6.45, 7) is 13.3. The lowest BCUT2D eigenvalue weighted by Gasteiger charge is -2.26. The lowest BCUT2D eigenvalue weighted by molar-refractivity contribution is 0.214. The maximum absolute atomic E-state index is 2.55. The number of nitrogens with zero attached hydrogens (tertiary/aromatic N) is 1. The number of hydrogen-bond acceptors (Lipinski definition) is 1. The van der Waals surface area contributed by atoms with Crippen molar-refractivity contribution in [2.45, 2.75) is 47.1 Å². The van der Waals surface area contributed by atoms with E-state index in [4.69, 9.17) is 0 Å². The molecular weight excluding hydrogens is 158 g/mol. The molecule has 0 aliphatic carbocycles. The zero-order valence-electron chi connectivity index (χ0n) is 9.88. The second kappa shape index (κ2) is 7.14. The van der Waals surface area contributed by atoms with Crippen LogP contribution in [0, 0.1) is 5.92 Å². The molecule has 1 unspecified atom stereocenters. The molecule has 0 bridgehead atoms. The van der Waals surface area contributed by atoms with Gasteiger partial charge in [0.1, 0.15) is 0 Å². The van der Waals surface area contributed by atoms with Crippen LogP contribution in [-0.2, 0) is 0 Å². The van der Waals surface area contributed by atoms with Crippen molar-refractivity contribution in [2.24, 2.45) is 5.92 Å². The van der Waals surface area contributed by atoms with Crippen LogP contribution >= 0.6 is 0 Å². The highest BCUT2D eigenvalue weighted by molar-refractivity contribution is 4.92. The van der Waals surface area contributed by atoms with Crippen LogP contribution in [0.25, 0.3) is 0 Å². The molecular formula is C12H25N. The van der Waals surface area contributed by atoms with Gasteiger partial charge in [-0.3, -0.25) is 0 Å². The van der Waals surface area contributed by atoms with E-state index in [2.05, 4.69) is 37.8 Å². The van der Waals surface area contributed by atoms with Crippen LogP contribution in [0.1, 0.15) is 41.0 Å². The predicted molar refractivity (Wildman–Crippen MR) is 61.0 cm³/mol. The van der Waals surface area contributed by atoms with Crippen molar-refractivity contribution in [1.82, 2.24) is 4.90 Å². The molecule has 0 aromatic heterocycles. The van der Waals surface area contributed by atoms with E-state index in [1.165, 1.54) is 19.5 Å². The van der Waals surface area contributed by atoms with Crippen LogP contribution < -0.4 is 0 Å². The van der Waals surface area contributed by atoms with Gasteiger partial charge in [0.15, 0.2) is 0 Å². The third-order valence-electron chi connectivity index (χ3n) is 2.30. The highest BCUT2D eigenvalue weighted by atomic mass is 15.1. The van der Waals surface area contributed by atoms with Gasteiger partial charge in [0.05, 0.1) is 0 Å². The first-order valence-electron chi connectivity index (χ1n) is 5.61. The van der Waals surface area contributed by atoms with E-state index < -0.39 is 0 Å². The molecule has 1 aliphatic rings. The zero-order chi connectivity index (χ0) is 10.3. The van der Waals surface area contributed by atoms with Crippen molar-refractivity contribution in [3.05, 3.63) is 12.2 Å². The Morgan fingerprint density at radius 1 is 1.31 bits per heavy atom. The van der Waals surface area contributed by atoms with Gasteiger partial charge in [-0.2, -0.15) is 0 Å². The fraction of sp³-hybridized carbons (Fsp3) is 0.833. The normalized spacial score (nSPS) is 23.7. The molecule has 1 rings (SSSR count). The largest absolute Gasteiger partial charge is 0.300 e. The molecule has 0 fully saturated rings. The maximum atomic E-state index is 2.55. The van der Waals surface area contributed by atoms with E-state index in [-0.39, 0.29) is 0 Å². The van der Waals surface area contributed by atoms with E-state index in [1.54, 1.807) is 0 Å². The first-order valence-corrected chi connectivity index (χ1v) is 5.61. The Morgan fingerprint density at radius 2 is 1.92 bits per heavy atom. The van der Waals surface area contributed by atoms with Crippen LogP contribution in [0.4, 0.5) is 0 Å². The van der Waals surface area contributed by atoms with Crippen LogP contribution in [0.15, 0.2) is 12.2 Å². The Hall–Kier alpha value is -0.300. The standard InChI is InChI=1S/C10H19N.C2H6/c1-9(2)11-7-5-4-6-10(3)8-11;1-2/h4,6,9-10H,5,7-8H2,1-3H3;1-2H3. The zero-order valence-corrected chi connectivity index (χ0v) is 9.88. The summed E-state index contributed by atoms with van der Waals surface area (Å²) in [5.41, 5.74) is 0. The minimum absolute atomic E-state index is 0.706. The molecule has 0 N–H and O–H groups in total. The van der Waals surface area contributed by atoms with E-state index in [9.17, 15) is 0 Å². The molecule has 0 radical (unpaired) electrons. The van der Waals surface area contributed by atoms with Crippen molar-refractivity contribution in [3.8, 4) is 0 Å². The molecule has 0 saturated carbocycles. The molecule has 1 aliphatic heterocycles. The molecule has 13 heavy (non-hydrogen) atoms. The minimum Gasteiger partial charge on any atom is -0.300 e. The number of hydrogen-bond donors (Lipinski definition) is 0. The van der Waals surface area contributed by atoms with Crippen molar-refractivity contribution in [3.63, 3.8) is 0 Å². The van der Waals surface area contributed by atoms with Gasteiger partial charge in [0.25, 0.3) is 0 Å². The monoisotopic (exact) mass is 183 g/mol. The number of rotatable bonds is 1. The molecule has 0 saturated heterocycles. The molecule has 0 amide bonds. The Balaban J connectivity index is 0.000000671. The SMILES string of the molecule is CC.CC1C=CCCN(C(C)C)C1. The van der Waals surface area contributed by atoms with E-state index in [0.29, 0.717) is 6.04 Å². The maximum Gasteiger partial charge on any atom is 0.00445 e. The molecule has 1 heterocycles. The van der Waals surface area contributed by atoms with Crippen molar-refractivity contribution < 1.29 is 0 Å². The summed E-state index contributed by atoms with van der Waals surface area (Å²) in [6.07, 6.45) is 5.87. The lowest BCUT2D eigenvalue weighted by Crippen LogP contribution is -2.33. The van der Waals surface area contributed by atoms with Gasteiger partial charge in [-0.1, -0.05) is 32.9 Å². The van der Waals surface area contributed by atoms with Gasteiger partial charge in [0.2, 0.25) is 0 Å². The average molecular weight is 183 g/mol. The molecule has 1 heteroatoms. The smallest absolute Gasteiger partial charge is 0.00445 e. The third kappa shape index (κ3) is 5.09. The molecule has 0 spiro atoms. The van der Waals surface area contributed by atoms with Gasteiger partial charge in [-0.15, -0.1) is 0 Å². The fourth-order valence-corrected chi connectivity index (χ4v) is 1.56. The van der Waals surface area contributed by atoms with Crippen molar-refractivity contribution >= 4 is 0 Å².